The highest BCUT2D eigenvalue weighted by Gasteiger charge is 2.08. The highest BCUT2D eigenvalue weighted by Crippen LogP contribution is 2.11. The first-order valence-electron chi connectivity index (χ1n) is 5.80. The number of benzene rings is 2. The third-order valence-electron chi connectivity index (χ3n) is 2.52. The van der Waals surface area contributed by atoms with E-state index < -0.39 is 10.8 Å². The van der Waals surface area contributed by atoms with Gasteiger partial charge in [-0.05, 0) is 17.7 Å². The fourth-order valence-corrected chi connectivity index (χ4v) is 1.50. The van der Waals surface area contributed by atoms with Crippen LogP contribution in [0.5, 0.6) is 0 Å². The summed E-state index contributed by atoms with van der Waals surface area (Å²) in [7, 11) is 0. The third-order valence-corrected chi connectivity index (χ3v) is 2.52. The van der Waals surface area contributed by atoms with E-state index in [2.05, 4.69) is 10.5 Å². The van der Waals surface area contributed by atoms with Crippen molar-refractivity contribution in [1.82, 2.24) is 5.43 Å². The van der Waals surface area contributed by atoms with Crippen molar-refractivity contribution in [2.45, 2.75) is 0 Å². The van der Waals surface area contributed by atoms with E-state index in [1.165, 1.54) is 30.5 Å². The Kier molecular flexibility index (Phi) is 4.18. The molecule has 0 aliphatic carbocycles. The van der Waals surface area contributed by atoms with Crippen LogP contribution in [-0.4, -0.2) is 17.0 Å². The van der Waals surface area contributed by atoms with Gasteiger partial charge in [-0.3, -0.25) is 14.9 Å². The number of hydrazone groups is 1. The van der Waals surface area contributed by atoms with Gasteiger partial charge in [-0.25, -0.2) is 5.43 Å². The van der Waals surface area contributed by atoms with E-state index >= 15 is 0 Å². The van der Waals surface area contributed by atoms with Crippen molar-refractivity contribution in [3.05, 3.63) is 75.8 Å². The van der Waals surface area contributed by atoms with Gasteiger partial charge in [0.25, 0.3) is 11.6 Å². The van der Waals surface area contributed by atoms with Crippen molar-refractivity contribution in [3.8, 4) is 0 Å². The fraction of sp³-hybridized carbons (Fsp3) is 0. The van der Waals surface area contributed by atoms with Crippen molar-refractivity contribution in [2.24, 2.45) is 5.10 Å². The molecule has 0 saturated carbocycles. The molecule has 6 heteroatoms. The van der Waals surface area contributed by atoms with Gasteiger partial charge in [0.05, 0.1) is 11.1 Å². The number of nitro benzene ring substituents is 1. The first-order valence-corrected chi connectivity index (χ1v) is 5.80. The molecule has 0 saturated heterocycles. The minimum atomic E-state index is -0.519. The van der Waals surface area contributed by atoms with Gasteiger partial charge in [0, 0.05) is 17.7 Å². The molecular weight excluding hydrogens is 258 g/mol. The van der Waals surface area contributed by atoms with Gasteiger partial charge in [-0.15, -0.1) is 0 Å². The second-order valence-electron chi connectivity index (χ2n) is 3.91. The molecule has 0 bridgehead atoms. The van der Waals surface area contributed by atoms with Crippen LogP contribution >= 0.6 is 0 Å². The number of hydrogen-bond acceptors (Lipinski definition) is 4. The molecule has 1 N–H and O–H groups in total. The molecular formula is C14H11N3O3. The second-order valence-corrected chi connectivity index (χ2v) is 3.91. The van der Waals surface area contributed by atoms with Gasteiger partial charge in [0.15, 0.2) is 0 Å². The van der Waals surface area contributed by atoms with Gasteiger partial charge in [-0.1, -0.05) is 30.3 Å². The lowest BCUT2D eigenvalue weighted by atomic mass is 10.2. The van der Waals surface area contributed by atoms with Gasteiger partial charge in [0.1, 0.15) is 0 Å². The number of nitrogens with one attached hydrogen (secondary N) is 1. The topological polar surface area (TPSA) is 84.6 Å². The number of nitro groups is 1. The maximum Gasteiger partial charge on any atom is 0.271 e. The number of non-ortho nitro benzene ring substituents is 1. The summed E-state index contributed by atoms with van der Waals surface area (Å²) in [5.74, 6) is -0.424. The summed E-state index contributed by atoms with van der Waals surface area (Å²) in [6.45, 7) is 0. The third kappa shape index (κ3) is 3.49. The molecule has 1 amide bonds. The van der Waals surface area contributed by atoms with Crippen molar-refractivity contribution in [1.29, 1.82) is 0 Å². The van der Waals surface area contributed by atoms with E-state index in [1.807, 2.05) is 30.3 Å². The molecule has 0 spiro atoms. The predicted octanol–water partition coefficient (Wildman–Crippen LogP) is 2.36. The molecule has 2 aromatic carbocycles. The molecule has 100 valence electrons. The van der Waals surface area contributed by atoms with Crippen molar-refractivity contribution in [3.63, 3.8) is 0 Å². The van der Waals surface area contributed by atoms with E-state index in [0.29, 0.717) is 5.56 Å². The van der Waals surface area contributed by atoms with Crippen LogP contribution < -0.4 is 5.43 Å². The Morgan fingerprint density at radius 1 is 1.10 bits per heavy atom. The summed E-state index contributed by atoms with van der Waals surface area (Å²) in [4.78, 5) is 21.7. The number of carbonyl (C=O) groups is 1. The normalized spacial score (nSPS) is 10.4. The molecule has 2 aromatic rings. The van der Waals surface area contributed by atoms with Gasteiger partial charge < -0.3 is 0 Å². The highest BCUT2D eigenvalue weighted by atomic mass is 16.6. The summed E-state index contributed by atoms with van der Waals surface area (Å²) < 4.78 is 0. The Balaban J connectivity index is 1.98. The van der Waals surface area contributed by atoms with Crippen molar-refractivity contribution < 1.29 is 9.72 Å². The molecule has 0 aliphatic rings. The average Bonchev–Trinajstić information content (AvgIpc) is 2.48. The zero-order valence-electron chi connectivity index (χ0n) is 10.4. The summed E-state index contributed by atoms with van der Waals surface area (Å²) >= 11 is 0. The summed E-state index contributed by atoms with van der Waals surface area (Å²) in [6.07, 6.45) is 1.52. The average molecular weight is 269 g/mol. The van der Waals surface area contributed by atoms with Crippen molar-refractivity contribution in [2.75, 3.05) is 0 Å². The summed E-state index contributed by atoms with van der Waals surface area (Å²) in [6, 6.07) is 14.6. The number of amides is 1. The lowest BCUT2D eigenvalue weighted by Crippen LogP contribution is -2.17. The van der Waals surface area contributed by atoms with Crippen LogP contribution in [0, 0.1) is 10.1 Å². The molecule has 0 atom stereocenters. The number of hydrogen-bond donors (Lipinski definition) is 1. The zero-order valence-corrected chi connectivity index (χ0v) is 10.4. The van der Waals surface area contributed by atoms with Gasteiger partial charge >= 0.3 is 0 Å². The second kappa shape index (κ2) is 6.24. The lowest BCUT2D eigenvalue weighted by molar-refractivity contribution is -0.384. The van der Waals surface area contributed by atoms with Gasteiger partial charge in [0.2, 0.25) is 0 Å². The smallest absolute Gasteiger partial charge is 0.267 e. The van der Waals surface area contributed by atoms with Crippen LogP contribution in [0.15, 0.2) is 59.7 Å². The SMILES string of the molecule is O=C(N/N=C/c1ccccc1)c1ccc([N+](=O)[O-])cc1. The Labute approximate surface area is 114 Å². The molecule has 20 heavy (non-hydrogen) atoms. The first kappa shape index (κ1) is 13.4. The predicted molar refractivity (Wildman–Crippen MR) is 74.6 cm³/mol. The van der Waals surface area contributed by atoms with E-state index in [1.54, 1.807) is 0 Å². The van der Waals surface area contributed by atoms with Crippen LogP contribution in [0.3, 0.4) is 0 Å². The Morgan fingerprint density at radius 2 is 1.75 bits per heavy atom. The van der Waals surface area contributed by atoms with E-state index in [9.17, 15) is 14.9 Å². The molecule has 0 aromatic heterocycles. The lowest BCUT2D eigenvalue weighted by Gasteiger charge is -1.99. The minimum absolute atomic E-state index is 0.0608. The standard InChI is InChI=1S/C14H11N3O3/c18-14(12-6-8-13(9-7-12)17(19)20)16-15-10-11-4-2-1-3-5-11/h1-10H,(H,16,18)/b15-10+. The molecule has 6 nitrogen and oxygen atoms in total. The van der Waals surface area contributed by atoms with Crippen LogP contribution in [0.4, 0.5) is 5.69 Å². The fourth-order valence-electron chi connectivity index (χ4n) is 1.50. The Bertz CT molecular complexity index is 636. The number of carbonyl (C=O) groups excluding carboxylic acids is 1. The number of rotatable bonds is 4. The largest absolute Gasteiger partial charge is 0.271 e. The maximum absolute atomic E-state index is 11.7. The quantitative estimate of drug-likeness (QED) is 0.525. The number of nitrogens with zero attached hydrogens (tertiary/aromatic N) is 2. The molecule has 0 aliphatic heterocycles. The molecule has 0 heterocycles. The molecule has 0 fully saturated rings. The monoisotopic (exact) mass is 269 g/mol. The summed E-state index contributed by atoms with van der Waals surface area (Å²) in [5, 5.41) is 14.3. The van der Waals surface area contributed by atoms with Crippen LogP contribution in [-0.2, 0) is 0 Å². The summed E-state index contributed by atoms with van der Waals surface area (Å²) in [5.41, 5.74) is 3.46. The highest BCUT2D eigenvalue weighted by molar-refractivity contribution is 5.95. The van der Waals surface area contributed by atoms with Crippen LogP contribution in [0.1, 0.15) is 15.9 Å². The minimum Gasteiger partial charge on any atom is -0.267 e. The van der Waals surface area contributed by atoms with E-state index in [-0.39, 0.29) is 5.69 Å². The van der Waals surface area contributed by atoms with Crippen LogP contribution in [0.25, 0.3) is 0 Å². The maximum atomic E-state index is 11.7. The molecule has 2 rings (SSSR count). The van der Waals surface area contributed by atoms with Gasteiger partial charge in [-0.2, -0.15) is 5.10 Å². The van der Waals surface area contributed by atoms with Crippen LogP contribution in [0.2, 0.25) is 0 Å². The zero-order chi connectivity index (χ0) is 14.4. The van der Waals surface area contributed by atoms with E-state index in [4.69, 9.17) is 0 Å². The Hall–Kier alpha value is -3.02. The first-order chi connectivity index (χ1) is 9.66. The Morgan fingerprint density at radius 3 is 2.35 bits per heavy atom. The molecule has 0 unspecified atom stereocenters. The van der Waals surface area contributed by atoms with E-state index in [0.717, 1.165) is 5.56 Å². The molecule has 0 radical (unpaired) electrons. The van der Waals surface area contributed by atoms with Crippen molar-refractivity contribution >= 4 is 17.8 Å².